The summed E-state index contributed by atoms with van der Waals surface area (Å²) in [5, 5.41) is 5.12. The van der Waals surface area contributed by atoms with E-state index < -0.39 is 0 Å². The van der Waals surface area contributed by atoms with Crippen molar-refractivity contribution in [2.24, 2.45) is 0 Å². The highest BCUT2D eigenvalue weighted by molar-refractivity contribution is 9.09. The summed E-state index contributed by atoms with van der Waals surface area (Å²) in [4.78, 5) is 13.4. The number of aryl methyl sites for hydroxylation is 1. The molecule has 2 unspecified atom stereocenters. The minimum Gasteiger partial charge on any atom is -0.347 e. The lowest BCUT2D eigenvalue weighted by molar-refractivity contribution is 0.0942. The van der Waals surface area contributed by atoms with Crippen LogP contribution in [0.15, 0.2) is 11.4 Å². The molecule has 88 valence electrons. The third kappa shape index (κ3) is 2.48. The van der Waals surface area contributed by atoms with Gasteiger partial charge in [0.1, 0.15) is 0 Å². The number of thiophene rings is 1. The first kappa shape index (κ1) is 12.1. The van der Waals surface area contributed by atoms with Gasteiger partial charge in [-0.2, -0.15) is 0 Å². The molecular formula is C12H16BrNOS. The zero-order valence-corrected chi connectivity index (χ0v) is 11.7. The molecule has 1 fully saturated rings. The van der Waals surface area contributed by atoms with E-state index in [1.807, 2.05) is 11.4 Å². The minimum absolute atomic E-state index is 0.100. The van der Waals surface area contributed by atoms with Gasteiger partial charge in [-0.25, -0.2) is 0 Å². The van der Waals surface area contributed by atoms with Crippen LogP contribution in [0.5, 0.6) is 0 Å². The molecule has 16 heavy (non-hydrogen) atoms. The molecule has 0 saturated heterocycles. The van der Waals surface area contributed by atoms with Gasteiger partial charge in [-0.3, -0.25) is 4.79 Å². The van der Waals surface area contributed by atoms with Gasteiger partial charge in [0.25, 0.3) is 5.91 Å². The molecule has 1 aliphatic carbocycles. The molecule has 0 bridgehead atoms. The van der Waals surface area contributed by atoms with Crippen LogP contribution in [-0.4, -0.2) is 16.8 Å². The maximum absolute atomic E-state index is 12.1. The van der Waals surface area contributed by atoms with Crippen molar-refractivity contribution in [2.75, 3.05) is 0 Å². The van der Waals surface area contributed by atoms with Crippen LogP contribution < -0.4 is 5.32 Å². The summed E-state index contributed by atoms with van der Waals surface area (Å²) >= 11 is 5.16. The summed E-state index contributed by atoms with van der Waals surface area (Å²) in [5.41, 5.74) is 1.16. The predicted molar refractivity (Wildman–Crippen MR) is 71.5 cm³/mol. The number of hydrogen-bond acceptors (Lipinski definition) is 2. The first-order valence-corrected chi connectivity index (χ1v) is 7.53. The van der Waals surface area contributed by atoms with E-state index in [1.54, 1.807) is 0 Å². The molecule has 2 nitrogen and oxygen atoms in total. The van der Waals surface area contributed by atoms with E-state index in [0.29, 0.717) is 10.9 Å². The molecular weight excluding hydrogens is 286 g/mol. The van der Waals surface area contributed by atoms with Crippen LogP contribution in [0.2, 0.25) is 0 Å². The van der Waals surface area contributed by atoms with E-state index in [-0.39, 0.29) is 5.91 Å². The molecule has 2 atom stereocenters. The molecule has 4 heteroatoms. The van der Waals surface area contributed by atoms with Crippen LogP contribution in [-0.2, 0) is 6.42 Å². The van der Waals surface area contributed by atoms with Crippen LogP contribution in [0.3, 0.4) is 0 Å². The lowest BCUT2D eigenvalue weighted by Crippen LogP contribution is -2.37. The third-order valence-corrected chi connectivity index (χ3v) is 5.13. The minimum atomic E-state index is 0.100. The third-order valence-electron chi connectivity index (χ3n) is 3.08. The van der Waals surface area contributed by atoms with Crippen molar-refractivity contribution < 1.29 is 4.79 Å². The van der Waals surface area contributed by atoms with Crippen LogP contribution >= 0.6 is 27.3 Å². The summed E-state index contributed by atoms with van der Waals surface area (Å²) < 4.78 is 0. The van der Waals surface area contributed by atoms with Crippen molar-refractivity contribution in [1.29, 1.82) is 0 Å². The normalized spacial score (nSPS) is 24.6. The summed E-state index contributed by atoms with van der Waals surface area (Å²) in [6.07, 6.45) is 4.38. The number of hydrogen-bond donors (Lipinski definition) is 1. The van der Waals surface area contributed by atoms with Crippen LogP contribution in [0.1, 0.15) is 41.4 Å². The van der Waals surface area contributed by atoms with Crippen LogP contribution in [0.25, 0.3) is 0 Å². The van der Waals surface area contributed by atoms with E-state index in [2.05, 4.69) is 28.2 Å². The molecule has 0 spiro atoms. The predicted octanol–water partition coefficient (Wildman–Crippen LogP) is 3.36. The molecule has 1 saturated carbocycles. The van der Waals surface area contributed by atoms with Crippen molar-refractivity contribution >= 4 is 33.2 Å². The fourth-order valence-electron chi connectivity index (χ4n) is 2.12. The van der Waals surface area contributed by atoms with E-state index >= 15 is 0 Å². The zero-order chi connectivity index (χ0) is 11.5. The number of rotatable bonds is 3. The molecule has 2 rings (SSSR count). The second-order valence-corrected chi connectivity index (χ2v) is 6.25. The number of amides is 1. The number of nitrogens with one attached hydrogen (secondary N) is 1. The van der Waals surface area contributed by atoms with Crippen molar-refractivity contribution in [3.63, 3.8) is 0 Å². The van der Waals surface area contributed by atoms with E-state index in [9.17, 15) is 4.79 Å². The van der Waals surface area contributed by atoms with E-state index in [4.69, 9.17) is 0 Å². The summed E-state index contributed by atoms with van der Waals surface area (Å²) in [6.45, 7) is 2.09. The van der Waals surface area contributed by atoms with Crippen LogP contribution in [0, 0.1) is 0 Å². The fourth-order valence-corrected chi connectivity index (χ4v) is 3.74. The smallest absolute Gasteiger partial charge is 0.261 e. The molecule has 1 amide bonds. The van der Waals surface area contributed by atoms with E-state index in [0.717, 1.165) is 29.7 Å². The van der Waals surface area contributed by atoms with E-state index in [1.165, 1.54) is 17.8 Å². The Bertz CT molecular complexity index is 377. The van der Waals surface area contributed by atoms with Gasteiger partial charge in [-0.15, -0.1) is 11.3 Å². The molecule has 0 aliphatic heterocycles. The summed E-state index contributed by atoms with van der Waals surface area (Å²) in [6, 6.07) is 2.35. The van der Waals surface area contributed by atoms with Gasteiger partial charge in [0.2, 0.25) is 0 Å². The first-order chi connectivity index (χ1) is 7.72. The molecule has 1 aliphatic rings. The highest BCUT2D eigenvalue weighted by Gasteiger charge is 2.27. The first-order valence-electron chi connectivity index (χ1n) is 5.73. The number of carbonyl (C=O) groups excluding carboxylic acids is 1. The molecule has 1 N–H and O–H groups in total. The second kappa shape index (κ2) is 5.32. The Labute approximate surface area is 109 Å². The fraction of sp³-hybridized carbons (Fsp3) is 0.583. The number of carbonyl (C=O) groups is 1. The summed E-state index contributed by atoms with van der Waals surface area (Å²) in [7, 11) is 0. The average Bonchev–Trinajstić information content (AvgIpc) is 2.87. The lowest BCUT2D eigenvalue weighted by atomic mass is 10.2. The lowest BCUT2D eigenvalue weighted by Gasteiger charge is -2.15. The monoisotopic (exact) mass is 301 g/mol. The van der Waals surface area contributed by atoms with Crippen molar-refractivity contribution in [1.82, 2.24) is 5.32 Å². The molecule has 1 heterocycles. The number of halogens is 1. The van der Waals surface area contributed by atoms with Gasteiger partial charge in [-0.05, 0) is 36.3 Å². The van der Waals surface area contributed by atoms with Gasteiger partial charge in [0.15, 0.2) is 0 Å². The molecule has 0 aromatic carbocycles. The Morgan fingerprint density at radius 1 is 1.62 bits per heavy atom. The maximum atomic E-state index is 12.1. The zero-order valence-electron chi connectivity index (χ0n) is 9.33. The highest BCUT2D eigenvalue weighted by Crippen LogP contribution is 2.26. The van der Waals surface area contributed by atoms with Crippen molar-refractivity contribution in [3.8, 4) is 0 Å². The Hall–Kier alpha value is -0.350. The maximum Gasteiger partial charge on any atom is 0.261 e. The van der Waals surface area contributed by atoms with Gasteiger partial charge in [0, 0.05) is 10.9 Å². The van der Waals surface area contributed by atoms with Gasteiger partial charge in [-0.1, -0.05) is 29.3 Å². The number of alkyl halides is 1. The van der Waals surface area contributed by atoms with Gasteiger partial charge < -0.3 is 5.32 Å². The Balaban J connectivity index is 2.02. The Kier molecular flexibility index (Phi) is 4.03. The van der Waals surface area contributed by atoms with Gasteiger partial charge in [0.05, 0.1) is 4.88 Å². The second-order valence-electron chi connectivity index (χ2n) is 4.16. The molecule has 0 radical (unpaired) electrons. The summed E-state index contributed by atoms with van der Waals surface area (Å²) in [5.74, 6) is 0.100. The van der Waals surface area contributed by atoms with Crippen molar-refractivity contribution in [3.05, 3.63) is 21.9 Å². The molecule has 1 aromatic heterocycles. The SMILES string of the molecule is CCc1ccsc1C(=O)NC1CCCC1Br. The average molecular weight is 302 g/mol. The largest absolute Gasteiger partial charge is 0.347 e. The Morgan fingerprint density at radius 3 is 3.06 bits per heavy atom. The van der Waals surface area contributed by atoms with Crippen molar-refractivity contribution in [2.45, 2.75) is 43.5 Å². The Morgan fingerprint density at radius 2 is 2.44 bits per heavy atom. The van der Waals surface area contributed by atoms with Gasteiger partial charge >= 0.3 is 0 Å². The van der Waals surface area contributed by atoms with Crippen LogP contribution in [0.4, 0.5) is 0 Å². The quantitative estimate of drug-likeness (QED) is 0.852. The topological polar surface area (TPSA) is 29.1 Å². The highest BCUT2D eigenvalue weighted by atomic mass is 79.9. The molecule has 1 aromatic rings. The standard InChI is InChI=1S/C12H16BrNOS/c1-2-8-6-7-16-11(8)12(15)14-10-5-3-4-9(10)13/h6-7,9-10H,2-5H2,1H3,(H,14,15).